The van der Waals surface area contributed by atoms with Crippen LogP contribution in [0.5, 0.6) is 5.88 Å². The fourth-order valence-electron chi connectivity index (χ4n) is 3.00. The van der Waals surface area contributed by atoms with Crippen LogP contribution in [0, 0.1) is 13.8 Å². The first-order valence-corrected chi connectivity index (χ1v) is 8.98. The molecule has 1 N–H and O–H groups in total. The normalized spacial score (nSPS) is 11.5. The van der Waals surface area contributed by atoms with Gasteiger partial charge in [-0.25, -0.2) is 4.57 Å². The molecule has 2 aromatic carbocycles. The van der Waals surface area contributed by atoms with Crippen molar-refractivity contribution in [1.29, 1.82) is 0 Å². The molecule has 0 fully saturated rings. The summed E-state index contributed by atoms with van der Waals surface area (Å²) >= 11 is 0. The minimum absolute atomic E-state index is 0.0720. The Labute approximate surface area is 153 Å². The molecule has 4 nitrogen and oxygen atoms in total. The first kappa shape index (κ1) is 17.9. The molecule has 0 radical (unpaired) electrons. The lowest BCUT2D eigenvalue weighted by atomic mass is 10.1. The first-order valence-electron chi connectivity index (χ1n) is 8.98. The summed E-state index contributed by atoms with van der Waals surface area (Å²) < 4.78 is 1.37. The lowest BCUT2D eigenvalue weighted by Gasteiger charge is -2.14. The average Bonchev–Trinajstić information content (AvgIpc) is 2.64. The monoisotopic (exact) mass is 348 g/mol. The summed E-state index contributed by atoms with van der Waals surface area (Å²) in [6.45, 7) is 6.83. The Morgan fingerprint density at radius 3 is 2.50 bits per heavy atom. The minimum atomic E-state index is -0.230. The number of nitrogens with zero attached hydrogens (tertiary/aromatic N) is 2. The molecule has 0 saturated carbocycles. The summed E-state index contributed by atoms with van der Waals surface area (Å²) in [5.74, 6) is -0.0720. The molecule has 0 saturated heterocycles. The second-order valence-electron chi connectivity index (χ2n) is 6.58. The summed E-state index contributed by atoms with van der Waals surface area (Å²) in [5.41, 5.74) is 3.22. The van der Waals surface area contributed by atoms with Gasteiger partial charge in [-0.15, -0.1) is 0 Å². The average molecular weight is 348 g/mol. The summed E-state index contributed by atoms with van der Waals surface area (Å²) in [6.07, 6.45) is 3.74. The number of hydrogen-bond donors (Lipinski definition) is 1. The van der Waals surface area contributed by atoms with E-state index in [4.69, 9.17) is 0 Å². The summed E-state index contributed by atoms with van der Waals surface area (Å²) in [7, 11) is 0. The molecular weight excluding hydrogens is 324 g/mol. The number of aryl methyl sites for hydroxylation is 2. The van der Waals surface area contributed by atoms with E-state index in [0.717, 1.165) is 29.4 Å². The number of aromatic nitrogens is 1. The second kappa shape index (κ2) is 7.56. The van der Waals surface area contributed by atoms with E-state index in [1.165, 1.54) is 4.57 Å². The predicted octanol–water partition coefficient (Wildman–Crippen LogP) is 4.53. The molecule has 0 bridgehead atoms. The van der Waals surface area contributed by atoms with Gasteiger partial charge in [0, 0.05) is 23.5 Å². The third-order valence-electron chi connectivity index (χ3n) is 4.71. The van der Waals surface area contributed by atoms with Crippen LogP contribution in [-0.4, -0.2) is 22.4 Å². The van der Waals surface area contributed by atoms with Crippen LogP contribution in [0.15, 0.2) is 52.3 Å². The zero-order chi connectivity index (χ0) is 18.7. The lowest BCUT2D eigenvalue weighted by molar-refractivity contribution is 0.436. The van der Waals surface area contributed by atoms with Gasteiger partial charge < -0.3 is 5.11 Å². The van der Waals surface area contributed by atoms with Crippen LogP contribution in [0.1, 0.15) is 36.5 Å². The van der Waals surface area contributed by atoms with Crippen molar-refractivity contribution in [1.82, 2.24) is 4.57 Å². The zero-order valence-electron chi connectivity index (χ0n) is 15.5. The largest absolute Gasteiger partial charge is 0.494 e. The Hall–Kier alpha value is -2.88. The smallest absolute Gasteiger partial charge is 0.265 e. The molecule has 0 aliphatic rings. The van der Waals surface area contributed by atoms with Crippen LogP contribution >= 0.6 is 0 Å². The molecule has 0 unspecified atom stereocenters. The lowest BCUT2D eigenvalue weighted by Crippen LogP contribution is -2.20. The van der Waals surface area contributed by atoms with Crippen molar-refractivity contribution >= 4 is 17.0 Å². The van der Waals surface area contributed by atoms with E-state index >= 15 is 0 Å². The number of fused-ring (bicyclic) bond motifs is 1. The fourth-order valence-corrected chi connectivity index (χ4v) is 3.00. The molecular formula is C22H24N2O2. The third-order valence-corrected chi connectivity index (χ3v) is 4.71. The number of rotatable bonds is 5. The summed E-state index contributed by atoms with van der Waals surface area (Å²) in [4.78, 5) is 17.5. The highest BCUT2D eigenvalue weighted by Gasteiger charge is 2.16. The van der Waals surface area contributed by atoms with Crippen LogP contribution in [0.3, 0.4) is 0 Å². The second-order valence-corrected chi connectivity index (χ2v) is 6.58. The molecule has 3 aromatic rings. The topological polar surface area (TPSA) is 54.6 Å². The Bertz CT molecular complexity index is 1030. The van der Waals surface area contributed by atoms with E-state index < -0.39 is 0 Å². The van der Waals surface area contributed by atoms with E-state index in [9.17, 15) is 9.90 Å². The molecule has 26 heavy (non-hydrogen) atoms. The molecule has 3 rings (SSSR count). The van der Waals surface area contributed by atoms with Gasteiger partial charge in [0.2, 0.25) is 5.88 Å². The molecule has 0 aliphatic carbocycles. The van der Waals surface area contributed by atoms with E-state index in [1.54, 1.807) is 12.3 Å². The van der Waals surface area contributed by atoms with Gasteiger partial charge in [0.15, 0.2) is 0 Å². The number of pyridine rings is 1. The van der Waals surface area contributed by atoms with Crippen LogP contribution in [-0.2, 0) is 0 Å². The van der Waals surface area contributed by atoms with Crippen molar-refractivity contribution in [3.8, 4) is 11.6 Å². The third kappa shape index (κ3) is 3.27. The molecule has 4 heteroatoms. The Morgan fingerprint density at radius 1 is 1.08 bits per heavy atom. The summed E-state index contributed by atoms with van der Waals surface area (Å²) in [6, 6.07) is 13.1. The van der Waals surface area contributed by atoms with Crippen LogP contribution in [0.25, 0.3) is 16.5 Å². The molecule has 0 spiro atoms. The highest BCUT2D eigenvalue weighted by Crippen LogP contribution is 2.26. The van der Waals surface area contributed by atoms with Crippen molar-refractivity contribution in [3.05, 3.63) is 69.5 Å². The number of aliphatic imine (C=N–C) groups is 1. The van der Waals surface area contributed by atoms with Gasteiger partial charge in [-0.2, -0.15) is 0 Å². The van der Waals surface area contributed by atoms with Crippen molar-refractivity contribution in [2.75, 3.05) is 6.54 Å². The molecule has 0 amide bonds. The number of benzene rings is 2. The Balaban J connectivity index is 2.28. The Morgan fingerprint density at radius 2 is 1.81 bits per heavy atom. The van der Waals surface area contributed by atoms with Gasteiger partial charge in [-0.3, -0.25) is 9.79 Å². The van der Waals surface area contributed by atoms with Crippen LogP contribution < -0.4 is 5.56 Å². The summed E-state index contributed by atoms with van der Waals surface area (Å²) in [5, 5.41) is 12.2. The van der Waals surface area contributed by atoms with Crippen molar-refractivity contribution in [2.24, 2.45) is 4.99 Å². The maximum Gasteiger partial charge on any atom is 0.265 e. The minimum Gasteiger partial charge on any atom is -0.494 e. The van der Waals surface area contributed by atoms with Gasteiger partial charge in [0.1, 0.15) is 0 Å². The van der Waals surface area contributed by atoms with E-state index in [2.05, 4.69) is 11.9 Å². The van der Waals surface area contributed by atoms with Crippen molar-refractivity contribution in [2.45, 2.75) is 33.6 Å². The van der Waals surface area contributed by atoms with Gasteiger partial charge in [0.05, 0.1) is 11.3 Å². The first-order chi connectivity index (χ1) is 12.5. The van der Waals surface area contributed by atoms with Crippen molar-refractivity contribution in [3.63, 3.8) is 0 Å². The number of hydrogen-bond acceptors (Lipinski definition) is 3. The van der Waals surface area contributed by atoms with Gasteiger partial charge in [-0.05, 0) is 49.6 Å². The fraction of sp³-hybridized carbons (Fsp3) is 0.273. The van der Waals surface area contributed by atoms with Crippen LogP contribution in [0.2, 0.25) is 0 Å². The molecule has 0 aliphatic heterocycles. The highest BCUT2D eigenvalue weighted by atomic mass is 16.3. The highest BCUT2D eigenvalue weighted by molar-refractivity contribution is 6.01. The van der Waals surface area contributed by atoms with Gasteiger partial charge in [0.25, 0.3) is 5.56 Å². The maximum atomic E-state index is 13.0. The number of aromatic hydroxyl groups is 1. The van der Waals surface area contributed by atoms with E-state index in [0.29, 0.717) is 23.2 Å². The standard InChI is InChI=1S/C22H24N2O2/c1-4-5-12-23-14-20-18-8-6-7-9-19(18)21(25)24(22(20)26)17-11-10-15(2)16(3)13-17/h6-11,13-14,26H,4-5,12H2,1-3H3. The predicted molar refractivity (Wildman–Crippen MR) is 108 cm³/mol. The quantitative estimate of drug-likeness (QED) is 0.544. The van der Waals surface area contributed by atoms with Crippen molar-refractivity contribution < 1.29 is 5.11 Å². The Kier molecular flexibility index (Phi) is 5.21. The van der Waals surface area contributed by atoms with E-state index in [1.807, 2.05) is 50.2 Å². The number of unbranched alkanes of at least 4 members (excludes halogenated alkanes) is 1. The SMILES string of the molecule is CCCCN=Cc1c(O)n(-c2ccc(C)c(C)c2)c(=O)c2ccccc12. The van der Waals surface area contributed by atoms with E-state index in [-0.39, 0.29) is 11.4 Å². The zero-order valence-corrected chi connectivity index (χ0v) is 15.5. The molecule has 134 valence electrons. The van der Waals surface area contributed by atoms with Crippen LogP contribution in [0.4, 0.5) is 0 Å². The molecule has 1 aromatic heterocycles. The maximum absolute atomic E-state index is 13.0. The molecule has 0 atom stereocenters. The van der Waals surface area contributed by atoms with Gasteiger partial charge in [-0.1, -0.05) is 37.6 Å². The molecule has 1 heterocycles. The van der Waals surface area contributed by atoms with Gasteiger partial charge >= 0.3 is 0 Å².